The molecule has 13 heteroatoms. The van der Waals surface area contributed by atoms with Gasteiger partial charge in [0.1, 0.15) is 18.1 Å². The molecule has 0 aromatic carbocycles. The van der Waals surface area contributed by atoms with Gasteiger partial charge in [0.05, 0.1) is 19.3 Å². The van der Waals surface area contributed by atoms with Gasteiger partial charge in [-0.1, -0.05) is 60.6 Å². The average molecular weight is 617 g/mol. The Hall–Kier alpha value is -3.48. The number of nitrogens with one attached hydrogen (secondary N) is 3. The van der Waals surface area contributed by atoms with E-state index >= 15 is 0 Å². The van der Waals surface area contributed by atoms with Crippen molar-refractivity contribution >= 4 is 35.4 Å². The van der Waals surface area contributed by atoms with E-state index in [0.717, 1.165) is 0 Å². The van der Waals surface area contributed by atoms with E-state index in [9.17, 15) is 28.8 Å². The van der Waals surface area contributed by atoms with Crippen molar-refractivity contribution in [1.29, 1.82) is 0 Å². The number of hydrogen-bond acceptors (Lipinski definition) is 7. The summed E-state index contributed by atoms with van der Waals surface area (Å²) < 4.78 is 5.34. The standard InChI is InChI=1S/C31H48N6O7/c1-16(2)21(27(41)36-10-12-44-13-11-36)34-29(43)35-24(30(3,4)5)28(42)37-15-18-20(31(18,6)7)22(37)26(40)33-19(14-17-8-9-17)23(38)25(32)39/h8-9,16-22,24H,10-15H2,1-7H3,(H2,32,39)(H,33,40)(H2,34,35,43)/t18-,19?,20-,21-,22-,24+/m0/s1. The first kappa shape index (κ1) is 33.4. The van der Waals surface area contributed by atoms with Crippen LogP contribution in [0.15, 0.2) is 12.2 Å². The summed E-state index contributed by atoms with van der Waals surface area (Å²) in [6.45, 7) is 15.3. The van der Waals surface area contributed by atoms with Gasteiger partial charge >= 0.3 is 6.03 Å². The molecule has 44 heavy (non-hydrogen) atoms. The number of ether oxygens (including phenoxy) is 1. The van der Waals surface area contributed by atoms with Crippen LogP contribution in [0, 0.1) is 34.5 Å². The van der Waals surface area contributed by atoms with Gasteiger partial charge in [-0.3, -0.25) is 24.0 Å². The van der Waals surface area contributed by atoms with E-state index in [2.05, 4.69) is 16.0 Å². The second-order valence-corrected chi connectivity index (χ2v) is 14.5. The lowest BCUT2D eigenvalue weighted by molar-refractivity contribution is -0.145. The maximum Gasteiger partial charge on any atom is 0.316 e. The smallest absolute Gasteiger partial charge is 0.316 e. The van der Waals surface area contributed by atoms with Gasteiger partial charge in [-0.25, -0.2) is 4.79 Å². The van der Waals surface area contributed by atoms with E-state index in [1.165, 1.54) is 4.90 Å². The number of morpholine rings is 1. The van der Waals surface area contributed by atoms with Crippen LogP contribution in [-0.4, -0.2) is 102 Å². The minimum atomic E-state index is -1.13. The third-order valence-corrected chi connectivity index (χ3v) is 9.54. The van der Waals surface area contributed by atoms with Crippen molar-refractivity contribution < 1.29 is 33.5 Å². The van der Waals surface area contributed by atoms with Crippen molar-refractivity contribution in [3.63, 3.8) is 0 Å². The van der Waals surface area contributed by atoms with Crippen LogP contribution in [0.4, 0.5) is 4.79 Å². The number of carbonyl (C=O) groups is 6. The number of primary amides is 1. The number of amides is 6. The largest absolute Gasteiger partial charge is 0.378 e. The fourth-order valence-corrected chi connectivity index (χ4v) is 6.60. The zero-order valence-corrected chi connectivity index (χ0v) is 26.8. The van der Waals surface area contributed by atoms with Crippen LogP contribution in [0.5, 0.6) is 0 Å². The summed E-state index contributed by atoms with van der Waals surface area (Å²) in [6.07, 6.45) is 3.95. The Morgan fingerprint density at radius 3 is 2.11 bits per heavy atom. The van der Waals surface area contributed by atoms with E-state index in [1.54, 1.807) is 4.90 Å². The number of nitrogens with two attached hydrogens (primary N) is 1. The Morgan fingerprint density at radius 2 is 1.59 bits per heavy atom. The summed E-state index contributed by atoms with van der Waals surface area (Å²) in [5.41, 5.74) is 4.31. The van der Waals surface area contributed by atoms with E-state index in [4.69, 9.17) is 10.5 Å². The molecule has 0 aromatic heterocycles. The van der Waals surface area contributed by atoms with Gasteiger partial charge in [0, 0.05) is 19.6 Å². The topological polar surface area (TPSA) is 180 Å². The second-order valence-electron chi connectivity index (χ2n) is 14.5. The first-order valence-corrected chi connectivity index (χ1v) is 15.5. The van der Waals surface area contributed by atoms with Crippen molar-refractivity contribution in [3.8, 4) is 0 Å². The third-order valence-electron chi connectivity index (χ3n) is 9.54. The molecule has 5 N–H and O–H groups in total. The number of rotatable bonds is 11. The summed E-state index contributed by atoms with van der Waals surface area (Å²) in [4.78, 5) is 82.0. The van der Waals surface area contributed by atoms with Gasteiger partial charge in [-0.2, -0.15) is 0 Å². The van der Waals surface area contributed by atoms with Gasteiger partial charge in [-0.15, -0.1) is 0 Å². The fraction of sp³-hybridized carbons (Fsp3) is 0.742. The fourth-order valence-electron chi connectivity index (χ4n) is 6.60. The quantitative estimate of drug-likeness (QED) is 0.189. The number of urea groups is 1. The normalized spacial score (nSPS) is 25.9. The molecule has 1 unspecified atom stereocenters. The summed E-state index contributed by atoms with van der Waals surface area (Å²) in [7, 11) is 0. The highest BCUT2D eigenvalue weighted by molar-refractivity contribution is 6.37. The molecule has 1 saturated carbocycles. The first-order valence-electron chi connectivity index (χ1n) is 15.5. The molecule has 244 valence electrons. The van der Waals surface area contributed by atoms with E-state index in [1.807, 2.05) is 60.6 Å². The number of nitrogens with zero attached hydrogens (tertiary/aromatic N) is 2. The number of carbonyl (C=O) groups excluding carboxylic acids is 6. The summed E-state index contributed by atoms with van der Waals surface area (Å²) in [5.74, 6) is -3.48. The predicted molar refractivity (Wildman–Crippen MR) is 161 cm³/mol. The van der Waals surface area contributed by atoms with Crippen molar-refractivity contribution in [2.75, 3.05) is 32.8 Å². The van der Waals surface area contributed by atoms with Crippen molar-refractivity contribution in [2.24, 2.45) is 40.2 Å². The van der Waals surface area contributed by atoms with E-state index < -0.39 is 59.1 Å². The third kappa shape index (κ3) is 7.08. The minimum Gasteiger partial charge on any atom is -0.378 e. The van der Waals surface area contributed by atoms with Crippen LogP contribution < -0.4 is 21.7 Å². The number of allylic oxidation sites excluding steroid dienone is 2. The van der Waals surface area contributed by atoms with Gasteiger partial charge in [-0.05, 0) is 40.9 Å². The number of hydrogen-bond donors (Lipinski definition) is 4. The highest BCUT2D eigenvalue weighted by Crippen LogP contribution is 2.65. The van der Waals surface area contributed by atoms with E-state index in [0.29, 0.717) is 32.8 Å². The maximum absolute atomic E-state index is 14.2. The molecule has 4 rings (SSSR count). The maximum atomic E-state index is 14.2. The second kappa shape index (κ2) is 12.5. The molecule has 4 aliphatic rings. The van der Waals surface area contributed by atoms with Gasteiger partial charge in [0.15, 0.2) is 0 Å². The minimum absolute atomic E-state index is 0.00666. The van der Waals surface area contributed by atoms with Crippen LogP contribution in [0.1, 0.15) is 54.9 Å². The molecule has 13 nitrogen and oxygen atoms in total. The Labute approximate surface area is 259 Å². The monoisotopic (exact) mass is 616 g/mol. The number of fused-ring (bicyclic) bond motifs is 1. The Bertz CT molecular complexity index is 1210. The van der Waals surface area contributed by atoms with E-state index in [-0.39, 0.29) is 41.4 Å². The summed E-state index contributed by atoms with van der Waals surface area (Å²) in [5, 5.41) is 8.30. The molecule has 0 spiro atoms. The van der Waals surface area contributed by atoms with Gasteiger partial charge in [0.2, 0.25) is 23.5 Å². The molecular formula is C31H48N6O7. The van der Waals surface area contributed by atoms with Gasteiger partial charge in [0.25, 0.3) is 5.91 Å². The zero-order chi connectivity index (χ0) is 32.7. The van der Waals surface area contributed by atoms with Crippen LogP contribution in [0.2, 0.25) is 0 Å². The summed E-state index contributed by atoms with van der Waals surface area (Å²) in [6, 6.07) is -4.48. The number of Topliss-reactive ketones (excluding diaryl/α,β-unsaturated/α-hetero) is 1. The van der Waals surface area contributed by atoms with Crippen LogP contribution >= 0.6 is 0 Å². The SMILES string of the molecule is CC(C)[C@H](NC(=O)N[C@H](C(=O)N1C[C@H]2[C@@H]([C@H]1C(=O)NC(CC1C=C1)C(=O)C(N)=O)C2(C)C)C(C)(C)C)C(=O)N1CCOCC1. The molecule has 3 fully saturated rings. The molecule has 2 saturated heterocycles. The first-order chi connectivity index (χ1) is 20.4. The predicted octanol–water partition coefficient (Wildman–Crippen LogP) is 0.182. The average Bonchev–Trinajstić information content (AvgIpc) is 3.80. The van der Waals surface area contributed by atoms with Crippen molar-refractivity contribution in [1.82, 2.24) is 25.8 Å². The van der Waals surface area contributed by atoms with Crippen LogP contribution in [-0.2, 0) is 28.7 Å². The number of ketones is 1. The lowest BCUT2D eigenvalue weighted by Crippen LogP contribution is -2.63. The lowest BCUT2D eigenvalue weighted by Gasteiger charge is -2.38. The number of piperidine rings is 1. The van der Waals surface area contributed by atoms with Crippen LogP contribution in [0.3, 0.4) is 0 Å². The molecule has 2 aliphatic carbocycles. The molecule has 6 amide bonds. The zero-order valence-electron chi connectivity index (χ0n) is 26.8. The van der Waals surface area contributed by atoms with Crippen molar-refractivity contribution in [2.45, 2.75) is 79.1 Å². The lowest BCUT2D eigenvalue weighted by atomic mass is 9.85. The molecule has 0 aromatic rings. The number of likely N-dealkylation sites (tertiary alicyclic amines) is 1. The summed E-state index contributed by atoms with van der Waals surface area (Å²) >= 11 is 0. The Balaban J connectivity index is 1.51. The Kier molecular flexibility index (Phi) is 9.48. The molecule has 2 aliphatic heterocycles. The molecule has 2 heterocycles. The van der Waals surface area contributed by atoms with Gasteiger partial charge < -0.3 is 36.2 Å². The molecular weight excluding hydrogens is 568 g/mol. The van der Waals surface area contributed by atoms with Crippen molar-refractivity contribution in [3.05, 3.63) is 12.2 Å². The molecule has 0 radical (unpaired) electrons. The molecule has 0 bridgehead atoms. The Morgan fingerprint density at radius 1 is 0.977 bits per heavy atom. The molecule has 6 atom stereocenters. The van der Waals surface area contributed by atoms with Crippen LogP contribution in [0.25, 0.3) is 0 Å². The highest BCUT2D eigenvalue weighted by atomic mass is 16.5. The highest BCUT2D eigenvalue weighted by Gasteiger charge is 2.70.